The molecule has 3 rings (SSSR count). The van der Waals surface area contributed by atoms with E-state index >= 15 is 0 Å². The van der Waals surface area contributed by atoms with Gasteiger partial charge in [-0.05, 0) is 45.0 Å². The Hall–Kier alpha value is -1.35. The Morgan fingerprint density at radius 2 is 1.90 bits per heavy atom. The maximum Gasteiger partial charge on any atom is 0.239 e. The molecule has 1 aliphatic heterocycles. The number of carbonyl (C=O) groups is 1. The van der Waals surface area contributed by atoms with Gasteiger partial charge in [0.2, 0.25) is 5.91 Å². The Labute approximate surface area is 121 Å². The van der Waals surface area contributed by atoms with E-state index in [-0.39, 0.29) is 11.6 Å². The van der Waals surface area contributed by atoms with Crippen LogP contribution in [0.15, 0.2) is 24.3 Å². The summed E-state index contributed by atoms with van der Waals surface area (Å²) in [4.78, 5) is 17.4. The van der Waals surface area contributed by atoms with Gasteiger partial charge in [0.05, 0.1) is 11.6 Å². The second-order valence-electron chi connectivity index (χ2n) is 6.33. The summed E-state index contributed by atoms with van der Waals surface area (Å²) in [6.45, 7) is 2.15. The molecule has 1 fully saturated rings. The smallest absolute Gasteiger partial charge is 0.239 e. The van der Waals surface area contributed by atoms with Crippen molar-refractivity contribution in [2.75, 3.05) is 19.0 Å². The van der Waals surface area contributed by atoms with E-state index in [4.69, 9.17) is 0 Å². The number of benzene rings is 1. The van der Waals surface area contributed by atoms with Crippen LogP contribution in [-0.4, -0.2) is 31.1 Å². The Morgan fingerprint density at radius 3 is 2.50 bits per heavy atom. The molecule has 1 amide bonds. The quantitative estimate of drug-likeness (QED) is 0.844. The van der Waals surface area contributed by atoms with E-state index < -0.39 is 0 Å². The highest BCUT2D eigenvalue weighted by molar-refractivity contribution is 6.08. The largest absolute Gasteiger partial charge is 0.295 e. The number of fused-ring (bicyclic) bond motifs is 2. The highest BCUT2D eigenvalue weighted by Gasteiger charge is 2.53. The summed E-state index contributed by atoms with van der Waals surface area (Å²) < 4.78 is 0. The first kappa shape index (κ1) is 13.6. The van der Waals surface area contributed by atoms with Gasteiger partial charge in [-0.15, -0.1) is 0 Å². The van der Waals surface area contributed by atoms with Crippen molar-refractivity contribution < 1.29 is 4.79 Å². The second kappa shape index (κ2) is 4.88. The number of carbonyl (C=O) groups excluding carboxylic acids is 1. The minimum Gasteiger partial charge on any atom is -0.295 e. The standard InChI is InChI=1S/C17H24N2O/c1-4-15(18(2)3)19-14-10-6-5-9-13(14)17(16(19)20)11-7-8-12-17/h5-6,9-10,15H,4,7-8,11-12H2,1-3H3. The third-order valence-electron chi connectivity index (χ3n) is 5.02. The van der Waals surface area contributed by atoms with Gasteiger partial charge in [-0.1, -0.05) is 38.0 Å². The van der Waals surface area contributed by atoms with E-state index in [0.717, 1.165) is 24.9 Å². The molecule has 3 heteroatoms. The van der Waals surface area contributed by atoms with Crippen molar-refractivity contribution in [3.63, 3.8) is 0 Å². The molecule has 3 nitrogen and oxygen atoms in total. The molecule has 2 aliphatic rings. The molecule has 1 unspecified atom stereocenters. The lowest BCUT2D eigenvalue weighted by Crippen LogP contribution is -2.50. The fourth-order valence-electron chi connectivity index (χ4n) is 4.08. The van der Waals surface area contributed by atoms with Crippen LogP contribution in [0.4, 0.5) is 5.69 Å². The molecule has 1 aliphatic carbocycles. The van der Waals surface area contributed by atoms with E-state index in [1.54, 1.807) is 0 Å². The van der Waals surface area contributed by atoms with Crippen molar-refractivity contribution >= 4 is 11.6 Å². The van der Waals surface area contributed by atoms with E-state index in [1.165, 1.54) is 18.4 Å². The number of hydrogen-bond acceptors (Lipinski definition) is 2. The number of nitrogens with zero attached hydrogens (tertiary/aromatic N) is 2. The lowest BCUT2D eigenvalue weighted by atomic mass is 9.80. The molecule has 1 aromatic carbocycles. The summed E-state index contributed by atoms with van der Waals surface area (Å²) in [6.07, 6.45) is 5.48. The molecule has 108 valence electrons. The summed E-state index contributed by atoms with van der Waals surface area (Å²) in [5.41, 5.74) is 2.18. The van der Waals surface area contributed by atoms with Gasteiger partial charge < -0.3 is 0 Å². The van der Waals surface area contributed by atoms with E-state index in [9.17, 15) is 4.79 Å². The number of amides is 1. The maximum absolute atomic E-state index is 13.2. The van der Waals surface area contributed by atoms with Gasteiger partial charge in [-0.3, -0.25) is 14.6 Å². The van der Waals surface area contributed by atoms with Crippen LogP contribution in [0.3, 0.4) is 0 Å². The summed E-state index contributed by atoms with van der Waals surface area (Å²) in [7, 11) is 4.12. The molecule has 1 spiro atoms. The number of rotatable bonds is 3. The van der Waals surface area contributed by atoms with Gasteiger partial charge in [-0.2, -0.15) is 0 Å². The first-order valence-corrected chi connectivity index (χ1v) is 7.71. The summed E-state index contributed by atoms with van der Waals surface area (Å²) in [5.74, 6) is 0.330. The zero-order chi connectivity index (χ0) is 14.3. The minimum atomic E-state index is -0.222. The number of anilines is 1. The van der Waals surface area contributed by atoms with Crippen molar-refractivity contribution in [3.05, 3.63) is 29.8 Å². The van der Waals surface area contributed by atoms with E-state index in [2.05, 4.69) is 55.1 Å². The lowest BCUT2D eigenvalue weighted by Gasteiger charge is -2.34. The average molecular weight is 272 g/mol. The van der Waals surface area contributed by atoms with Gasteiger partial charge >= 0.3 is 0 Å². The molecule has 1 saturated carbocycles. The fraction of sp³-hybridized carbons (Fsp3) is 0.588. The van der Waals surface area contributed by atoms with Crippen molar-refractivity contribution in [2.45, 2.75) is 50.6 Å². The van der Waals surface area contributed by atoms with Crippen molar-refractivity contribution in [1.82, 2.24) is 4.90 Å². The van der Waals surface area contributed by atoms with Gasteiger partial charge in [0, 0.05) is 5.69 Å². The first-order chi connectivity index (χ1) is 9.62. The highest BCUT2D eigenvalue weighted by atomic mass is 16.2. The second-order valence-corrected chi connectivity index (χ2v) is 6.33. The zero-order valence-electron chi connectivity index (χ0n) is 12.7. The van der Waals surface area contributed by atoms with Crippen LogP contribution in [0.5, 0.6) is 0 Å². The summed E-state index contributed by atoms with van der Waals surface area (Å²) >= 11 is 0. The van der Waals surface area contributed by atoms with Crippen LogP contribution in [0.25, 0.3) is 0 Å². The normalized spacial score (nSPS) is 21.8. The fourth-order valence-corrected chi connectivity index (χ4v) is 4.08. The molecule has 1 heterocycles. The minimum absolute atomic E-state index is 0.156. The third-order valence-corrected chi connectivity index (χ3v) is 5.02. The number of para-hydroxylation sites is 1. The van der Waals surface area contributed by atoms with Gasteiger partial charge in [0.25, 0.3) is 0 Å². The van der Waals surface area contributed by atoms with Gasteiger partial charge in [0.1, 0.15) is 0 Å². The first-order valence-electron chi connectivity index (χ1n) is 7.71. The highest BCUT2D eigenvalue weighted by Crippen LogP contribution is 2.52. The molecule has 0 N–H and O–H groups in total. The Morgan fingerprint density at radius 1 is 1.25 bits per heavy atom. The SMILES string of the molecule is CCC(N(C)C)N1C(=O)C2(CCCC2)c2ccccc21. The molecule has 1 aromatic rings. The van der Waals surface area contributed by atoms with Gasteiger partial charge in [0.15, 0.2) is 0 Å². The number of hydrogen-bond donors (Lipinski definition) is 0. The van der Waals surface area contributed by atoms with Crippen LogP contribution in [-0.2, 0) is 10.2 Å². The molecule has 0 saturated heterocycles. The van der Waals surface area contributed by atoms with Crippen molar-refractivity contribution in [1.29, 1.82) is 0 Å². The van der Waals surface area contributed by atoms with Crippen molar-refractivity contribution in [2.24, 2.45) is 0 Å². The summed E-state index contributed by atoms with van der Waals surface area (Å²) in [6, 6.07) is 8.41. The summed E-state index contributed by atoms with van der Waals surface area (Å²) in [5, 5.41) is 0. The van der Waals surface area contributed by atoms with E-state index in [0.29, 0.717) is 5.91 Å². The van der Waals surface area contributed by atoms with Crippen LogP contribution in [0.2, 0.25) is 0 Å². The molecular formula is C17H24N2O. The van der Waals surface area contributed by atoms with Crippen LogP contribution >= 0.6 is 0 Å². The Kier molecular flexibility index (Phi) is 3.33. The molecule has 0 radical (unpaired) electrons. The monoisotopic (exact) mass is 272 g/mol. The molecule has 0 aromatic heterocycles. The average Bonchev–Trinajstić information content (AvgIpc) is 3.01. The topological polar surface area (TPSA) is 23.6 Å². The van der Waals surface area contributed by atoms with Crippen LogP contribution < -0.4 is 4.90 Å². The Bertz CT molecular complexity index is 517. The lowest BCUT2D eigenvalue weighted by molar-refractivity contribution is -0.124. The molecular weight excluding hydrogens is 248 g/mol. The predicted molar refractivity (Wildman–Crippen MR) is 81.8 cm³/mol. The predicted octanol–water partition coefficient (Wildman–Crippen LogP) is 3.14. The maximum atomic E-state index is 13.2. The molecule has 1 atom stereocenters. The molecule has 20 heavy (non-hydrogen) atoms. The third kappa shape index (κ3) is 1.72. The van der Waals surface area contributed by atoms with Crippen LogP contribution in [0, 0.1) is 0 Å². The molecule has 0 bridgehead atoms. The van der Waals surface area contributed by atoms with Crippen LogP contribution in [0.1, 0.15) is 44.6 Å². The Balaban J connectivity index is 2.11. The van der Waals surface area contributed by atoms with E-state index in [1.807, 2.05) is 0 Å². The zero-order valence-corrected chi connectivity index (χ0v) is 12.7. The van der Waals surface area contributed by atoms with Crippen molar-refractivity contribution in [3.8, 4) is 0 Å². The van der Waals surface area contributed by atoms with Gasteiger partial charge in [-0.25, -0.2) is 0 Å².